The summed E-state index contributed by atoms with van der Waals surface area (Å²) >= 11 is 4.46. The van der Waals surface area contributed by atoms with Crippen LogP contribution in [0.3, 0.4) is 0 Å². The SMILES string of the molecule is BrP(CCC1OCCCO1)(c1ccccc1)(c1ccccc1)c1ccccc1.C[C@@H](OC[C@@](/C=C\CC1OCCCO1)(NC(=O)OCc1ccccc1)c1ccccc1)c1cc(C(F)(F)F)cc(C(F)(F)F)c1.C[C@@H](OC[C@@]1(c2ccccc2)C=CCC(OCCCO)N1C(=O)OCc1ccccc1)c1cc(C(F)(F)F)cc(C(F)(F)F)c1. The molecule has 1 unspecified atom stereocenters. The number of nitrogens with zero attached hydrogens (tertiary/aromatic N) is 1. The van der Waals surface area contributed by atoms with Crippen molar-refractivity contribution >= 4 is 48.9 Å². The van der Waals surface area contributed by atoms with Crippen molar-refractivity contribution in [2.45, 2.75) is 132 Å². The van der Waals surface area contributed by atoms with Crippen molar-refractivity contribution in [1.29, 1.82) is 0 Å². The standard InChI is InChI=1S/2C33H33F6NO5.C24H26BrO2P/c1-23(25-18-27(32(34,35)36)20-28(19-25)33(37,38)39)45-22-31(26-12-6-3-7-13-26,15-8-14-29-42-16-9-17-43-29)40-30(41)44-21-24-10-4-2-5-11-24;1-23(25-18-27(32(34,35)36)20-28(19-25)33(37,38)39)45-22-31(26-12-6-3-7-13-26)15-8-14-29(43-17-9-16-41)40(31)30(42)44-21-24-10-4-2-5-11-24;25-28(21-11-4-1-5-12-21,22-13-6-2-7-14-22,23-15-8-3-9-16-23)20-17-24-26-18-10-19-27-24/h2-8,10-13,15,18-20,23,29H,9,14,16-17,21-22H2,1H3,(H,40,41);2-8,10-13,15,18-20,23,29,41H,9,14,16-17,21-22H2,1H3;1-9,11-16,24H,10,17-20H2/b15-8-;;/t23-,31-;23-,29?,31-;/m11./s1. The Hall–Kier alpha value is -9.25. The topological polar surface area (TPSA) is 153 Å². The number of amides is 2. The number of nitrogens with one attached hydrogen (secondary N) is 1. The molecular weight excluding hydrogens is 1640 g/mol. The van der Waals surface area contributed by atoms with Gasteiger partial charge in [0.1, 0.15) is 30.5 Å². The maximum atomic E-state index is 13.9. The molecule has 14 nitrogen and oxygen atoms in total. The summed E-state index contributed by atoms with van der Waals surface area (Å²) in [6.07, 6.45) is -14.6. The molecule has 0 bridgehead atoms. The minimum atomic E-state index is -5.02. The van der Waals surface area contributed by atoms with Crippen LogP contribution in [0.2, 0.25) is 0 Å². The molecule has 28 heteroatoms. The summed E-state index contributed by atoms with van der Waals surface area (Å²) in [4.78, 5) is 28.4. The van der Waals surface area contributed by atoms with Crippen LogP contribution in [0.15, 0.2) is 273 Å². The van der Waals surface area contributed by atoms with Gasteiger partial charge in [0.2, 0.25) is 0 Å². The Labute approximate surface area is 685 Å². The minimum absolute atomic E-state index is 0.0489. The second-order valence-corrected chi connectivity index (χ2v) is 37.3. The van der Waals surface area contributed by atoms with Crippen molar-refractivity contribution in [3.05, 3.63) is 329 Å². The Morgan fingerprint density at radius 1 is 0.542 bits per heavy atom. The van der Waals surface area contributed by atoms with Crippen LogP contribution >= 0.6 is 20.8 Å². The van der Waals surface area contributed by atoms with E-state index in [1.807, 2.05) is 12.1 Å². The number of aliphatic hydroxyl groups is 1. The van der Waals surface area contributed by atoms with Crippen molar-refractivity contribution in [3.63, 3.8) is 0 Å². The number of hydrogen-bond donors (Lipinski definition) is 2. The van der Waals surface area contributed by atoms with E-state index < -0.39 is 100 Å². The fourth-order valence-electron chi connectivity index (χ4n) is 13.8. The predicted octanol–water partition coefficient (Wildman–Crippen LogP) is 21.3. The molecule has 0 spiro atoms. The second kappa shape index (κ2) is 41.6. The van der Waals surface area contributed by atoms with Gasteiger partial charge in [-0.05, 0) is 96.5 Å². The maximum absolute atomic E-state index is 13.9. The molecule has 9 aromatic rings. The van der Waals surface area contributed by atoms with E-state index >= 15 is 0 Å². The van der Waals surface area contributed by atoms with E-state index in [1.165, 1.54) is 34.7 Å². The molecule has 0 radical (unpaired) electrons. The first-order chi connectivity index (χ1) is 56.4. The molecule has 9 aromatic carbocycles. The molecule has 2 amide bonds. The number of alkyl halides is 12. The molecule has 0 saturated carbocycles. The average Bonchev–Trinajstić information content (AvgIpc) is 0.706. The molecule has 3 aliphatic heterocycles. The van der Waals surface area contributed by atoms with E-state index in [-0.39, 0.29) is 82.0 Å². The van der Waals surface area contributed by atoms with Gasteiger partial charge in [-0.1, -0.05) is 146 Å². The third-order valence-corrected chi connectivity index (χ3v) is 30.0. The van der Waals surface area contributed by atoms with E-state index in [0.717, 1.165) is 49.8 Å². The first-order valence-corrected chi connectivity index (χ1v) is 42.7. The molecule has 2 N–H and O–H groups in total. The van der Waals surface area contributed by atoms with Gasteiger partial charge >= 0.3 is 213 Å². The van der Waals surface area contributed by atoms with Gasteiger partial charge in [-0.15, -0.1) is 0 Å². The van der Waals surface area contributed by atoms with Gasteiger partial charge in [-0.2, -0.15) is 52.7 Å². The van der Waals surface area contributed by atoms with Crippen LogP contribution in [0.1, 0.15) is 120 Å². The number of benzene rings is 9. The van der Waals surface area contributed by atoms with Crippen molar-refractivity contribution < 1.29 is 110 Å². The largest absolute Gasteiger partial charge is 0.445 e. The maximum Gasteiger partial charge on any atom is 0.416 e. The molecule has 3 heterocycles. The molecule has 0 aromatic heterocycles. The summed E-state index contributed by atoms with van der Waals surface area (Å²) in [5.74, 6) is 0. The van der Waals surface area contributed by atoms with Crippen LogP contribution in [0.5, 0.6) is 0 Å². The second-order valence-electron chi connectivity index (χ2n) is 28.2. The van der Waals surface area contributed by atoms with Crippen LogP contribution in [-0.2, 0) is 91.6 Å². The summed E-state index contributed by atoms with van der Waals surface area (Å²) in [7, 11) is 0. The molecule has 118 heavy (non-hydrogen) atoms. The zero-order valence-corrected chi connectivity index (χ0v) is 67.1. The van der Waals surface area contributed by atoms with Gasteiger partial charge in [-0.25, -0.2) is 9.59 Å². The number of halogens is 13. The zero-order valence-electron chi connectivity index (χ0n) is 64.6. The predicted molar refractivity (Wildman–Crippen MR) is 429 cm³/mol. The number of hydrogen-bond acceptors (Lipinski definition) is 12. The molecular formula is C90H92BrF12N2O12P. The summed E-state index contributed by atoms with van der Waals surface area (Å²) in [5.41, 5.74) is -6.86. The molecule has 630 valence electrons. The van der Waals surface area contributed by atoms with E-state index in [9.17, 15) is 67.4 Å². The van der Waals surface area contributed by atoms with Gasteiger partial charge < -0.3 is 43.6 Å². The third-order valence-electron chi connectivity index (χ3n) is 20.0. The quantitative estimate of drug-likeness (QED) is 0.0208. The van der Waals surface area contributed by atoms with E-state index in [4.69, 9.17) is 42.6 Å². The average molecular weight is 1730 g/mol. The number of ether oxygens (including phenoxy) is 9. The van der Waals surface area contributed by atoms with Crippen LogP contribution in [0, 0.1) is 0 Å². The Kier molecular flexibility index (Phi) is 32.1. The monoisotopic (exact) mass is 1730 g/mol. The van der Waals surface area contributed by atoms with Crippen molar-refractivity contribution in [2.24, 2.45) is 0 Å². The normalized spacial score (nSPS) is 17.8. The summed E-state index contributed by atoms with van der Waals surface area (Å²) in [6, 6.07) is 70.3. The third kappa shape index (κ3) is 24.3. The Balaban J connectivity index is 0.000000192. The molecule has 12 rings (SSSR count). The summed E-state index contributed by atoms with van der Waals surface area (Å²) in [6.45, 7) is 4.37. The fourth-order valence-corrected chi connectivity index (χ4v) is 21.3. The van der Waals surface area contributed by atoms with Gasteiger partial charge in [0.25, 0.3) is 0 Å². The van der Waals surface area contributed by atoms with Gasteiger partial charge in [-0.3, -0.25) is 4.90 Å². The summed E-state index contributed by atoms with van der Waals surface area (Å²) in [5, 5.41) is 13.2. The van der Waals surface area contributed by atoms with Crippen molar-refractivity contribution in [3.8, 4) is 0 Å². The van der Waals surface area contributed by atoms with Gasteiger partial charge in [0, 0.05) is 19.4 Å². The van der Waals surface area contributed by atoms with Crippen molar-refractivity contribution in [2.75, 3.05) is 59.0 Å². The summed E-state index contributed by atoms with van der Waals surface area (Å²) < 4.78 is 215. The van der Waals surface area contributed by atoms with Gasteiger partial charge in [0.05, 0.1) is 67.5 Å². The van der Waals surface area contributed by atoms with Crippen LogP contribution < -0.4 is 21.2 Å². The molecule has 5 atom stereocenters. The zero-order chi connectivity index (χ0) is 84.5. The Bertz CT molecular complexity index is 4490. The van der Waals surface area contributed by atoms with E-state index in [2.05, 4.69) is 112 Å². The first-order valence-electron chi connectivity index (χ1n) is 38.3. The molecule has 2 saturated heterocycles. The molecule has 0 aliphatic carbocycles. The van der Waals surface area contributed by atoms with Crippen LogP contribution in [-0.4, -0.2) is 100 Å². The van der Waals surface area contributed by atoms with E-state index in [1.54, 1.807) is 133 Å². The van der Waals surface area contributed by atoms with Crippen molar-refractivity contribution in [1.82, 2.24) is 10.2 Å². The smallest absolute Gasteiger partial charge is 0.416 e. The van der Waals surface area contributed by atoms with Gasteiger partial charge in [0.15, 0.2) is 6.29 Å². The Morgan fingerprint density at radius 3 is 1.39 bits per heavy atom. The molecule has 3 aliphatic rings. The number of carbonyl (C=O) groups is 2. The fraction of sp³-hybridized carbons (Fsp3) is 0.333. The number of alkyl carbamates (subject to hydrolysis) is 1. The first kappa shape index (κ1) is 91.1. The van der Waals surface area contributed by atoms with E-state index in [0.29, 0.717) is 55.0 Å². The number of carbonyl (C=O) groups excluding carboxylic acids is 2. The number of aliphatic hydroxyl groups excluding tert-OH is 1. The minimum Gasteiger partial charge on any atom is -0.445 e. The number of rotatable bonds is 28. The van der Waals surface area contributed by atoms with Crippen LogP contribution in [0.4, 0.5) is 62.3 Å². The molecule has 2 fully saturated rings. The van der Waals surface area contributed by atoms with Crippen LogP contribution in [0.25, 0.3) is 0 Å². The Morgan fingerprint density at radius 2 is 0.949 bits per heavy atom.